The van der Waals surface area contributed by atoms with Crippen LogP contribution in [0, 0.1) is 5.41 Å². The van der Waals surface area contributed by atoms with Gasteiger partial charge < -0.3 is 10.2 Å². The lowest BCUT2D eigenvalue weighted by atomic mass is 9.79. The molecule has 0 heterocycles. The number of unbranched alkanes of at least 4 members (excludes halogenated alkanes) is 18. The van der Waals surface area contributed by atoms with E-state index < -0.39 is 17.4 Å². The maximum atomic E-state index is 12.6. The van der Waals surface area contributed by atoms with E-state index in [0.29, 0.717) is 11.5 Å². The summed E-state index contributed by atoms with van der Waals surface area (Å²) in [6, 6.07) is 0. The van der Waals surface area contributed by atoms with Crippen LogP contribution in [0.25, 0.3) is 0 Å². The quantitative estimate of drug-likeness (QED) is 0.0802. The standard InChI is InChI=1S/C32H62O4S2/c1-3-5-7-9-11-13-15-17-19-21-24-32(31(35)36,29-38-28-27-37-26-23-30(33)34)25-22-20-18-16-14-12-10-8-6-4-2/h3-29H2,1-2H3,(H,33,34)(H,35,36). The molecule has 6 heteroatoms. The molecule has 0 atom stereocenters. The molecule has 0 aromatic carbocycles. The Labute approximate surface area is 244 Å². The van der Waals surface area contributed by atoms with E-state index in [9.17, 15) is 14.7 Å². The predicted octanol–water partition coefficient (Wildman–Crippen LogP) is 10.6. The van der Waals surface area contributed by atoms with Gasteiger partial charge in [0.15, 0.2) is 0 Å². The van der Waals surface area contributed by atoms with Crippen molar-refractivity contribution in [3.63, 3.8) is 0 Å². The van der Waals surface area contributed by atoms with E-state index >= 15 is 0 Å². The molecule has 0 aliphatic heterocycles. The Balaban J connectivity index is 4.42. The Kier molecular flexibility index (Phi) is 27.9. The van der Waals surface area contributed by atoms with Crippen molar-refractivity contribution >= 4 is 35.5 Å². The number of carboxylic acids is 2. The molecular formula is C32H62O4S2. The van der Waals surface area contributed by atoms with Gasteiger partial charge in [0.25, 0.3) is 0 Å². The molecule has 0 aromatic heterocycles. The molecule has 0 radical (unpaired) electrons. The van der Waals surface area contributed by atoms with Crippen LogP contribution in [-0.4, -0.2) is 45.2 Å². The summed E-state index contributed by atoms with van der Waals surface area (Å²) in [6.45, 7) is 4.52. The smallest absolute Gasteiger partial charge is 0.310 e. The van der Waals surface area contributed by atoms with Crippen LogP contribution in [0.5, 0.6) is 0 Å². The third kappa shape index (κ3) is 23.5. The van der Waals surface area contributed by atoms with Crippen molar-refractivity contribution in [1.29, 1.82) is 0 Å². The van der Waals surface area contributed by atoms with E-state index in [1.54, 1.807) is 23.5 Å². The topological polar surface area (TPSA) is 74.6 Å². The molecule has 0 bridgehead atoms. The normalized spacial score (nSPS) is 11.7. The van der Waals surface area contributed by atoms with Crippen molar-refractivity contribution in [3.05, 3.63) is 0 Å². The molecule has 2 N–H and O–H groups in total. The van der Waals surface area contributed by atoms with Crippen LogP contribution in [0.4, 0.5) is 0 Å². The Morgan fingerprint density at radius 3 is 1.26 bits per heavy atom. The van der Waals surface area contributed by atoms with Gasteiger partial charge in [0.2, 0.25) is 0 Å². The molecule has 0 unspecified atom stereocenters. The van der Waals surface area contributed by atoms with E-state index in [-0.39, 0.29) is 6.42 Å². The van der Waals surface area contributed by atoms with Gasteiger partial charge in [0, 0.05) is 23.0 Å². The van der Waals surface area contributed by atoms with Crippen LogP contribution in [0.2, 0.25) is 0 Å². The van der Waals surface area contributed by atoms with Gasteiger partial charge in [-0.3, -0.25) is 9.59 Å². The van der Waals surface area contributed by atoms with Crippen molar-refractivity contribution < 1.29 is 19.8 Å². The summed E-state index contributed by atoms with van der Waals surface area (Å²) in [7, 11) is 0. The largest absolute Gasteiger partial charge is 0.481 e. The van der Waals surface area contributed by atoms with Crippen molar-refractivity contribution in [3.8, 4) is 0 Å². The summed E-state index contributed by atoms with van der Waals surface area (Å²) in [6.07, 6.45) is 27.3. The van der Waals surface area contributed by atoms with Crippen molar-refractivity contribution in [2.45, 2.75) is 162 Å². The van der Waals surface area contributed by atoms with E-state index in [0.717, 1.165) is 50.0 Å². The fourth-order valence-corrected chi connectivity index (χ4v) is 7.51. The Morgan fingerprint density at radius 1 is 0.526 bits per heavy atom. The first kappa shape index (κ1) is 37.6. The molecule has 0 aliphatic rings. The average Bonchev–Trinajstić information content (AvgIpc) is 2.89. The highest BCUT2D eigenvalue weighted by molar-refractivity contribution is 8.02. The van der Waals surface area contributed by atoms with Crippen molar-refractivity contribution in [2.75, 3.05) is 23.0 Å². The molecule has 0 fully saturated rings. The number of hydrogen-bond donors (Lipinski definition) is 2. The lowest BCUT2D eigenvalue weighted by Gasteiger charge is -2.29. The second-order valence-electron chi connectivity index (χ2n) is 11.3. The lowest BCUT2D eigenvalue weighted by Crippen LogP contribution is -2.34. The Morgan fingerprint density at radius 2 is 0.895 bits per heavy atom. The Hall–Kier alpha value is -0.360. The monoisotopic (exact) mass is 574 g/mol. The molecule has 0 saturated heterocycles. The van der Waals surface area contributed by atoms with Gasteiger partial charge in [-0.25, -0.2) is 0 Å². The minimum absolute atomic E-state index is 0.200. The predicted molar refractivity (Wildman–Crippen MR) is 170 cm³/mol. The summed E-state index contributed by atoms with van der Waals surface area (Å²) in [5.41, 5.74) is -0.600. The van der Waals surface area contributed by atoms with Gasteiger partial charge in [-0.2, -0.15) is 23.5 Å². The average molecular weight is 575 g/mol. The van der Waals surface area contributed by atoms with Gasteiger partial charge in [0.05, 0.1) is 11.8 Å². The van der Waals surface area contributed by atoms with Crippen LogP contribution >= 0.6 is 23.5 Å². The first-order valence-corrected chi connectivity index (χ1v) is 18.4. The minimum atomic E-state index is -0.747. The molecule has 0 aromatic rings. The number of thioether (sulfide) groups is 2. The van der Waals surface area contributed by atoms with Gasteiger partial charge in [-0.05, 0) is 12.8 Å². The Bertz CT molecular complexity index is 518. The second kappa shape index (κ2) is 28.2. The maximum absolute atomic E-state index is 12.6. The third-order valence-corrected chi connectivity index (χ3v) is 10.2. The van der Waals surface area contributed by atoms with Crippen LogP contribution < -0.4 is 0 Å². The minimum Gasteiger partial charge on any atom is -0.481 e. The van der Waals surface area contributed by atoms with Gasteiger partial charge in [-0.1, -0.05) is 142 Å². The molecular weight excluding hydrogens is 512 g/mol. The van der Waals surface area contributed by atoms with Gasteiger partial charge >= 0.3 is 11.9 Å². The van der Waals surface area contributed by atoms with Crippen LogP contribution in [-0.2, 0) is 9.59 Å². The lowest BCUT2D eigenvalue weighted by molar-refractivity contribution is -0.148. The highest BCUT2D eigenvalue weighted by Gasteiger charge is 2.37. The summed E-state index contributed by atoms with van der Waals surface area (Å²) in [5, 5.41) is 19.1. The number of aliphatic carboxylic acids is 2. The highest BCUT2D eigenvalue weighted by atomic mass is 32.2. The number of carboxylic acid groups (broad SMARTS) is 2. The number of rotatable bonds is 31. The molecule has 38 heavy (non-hydrogen) atoms. The van der Waals surface area contributed by atoms with E-state index in [1.165, 1.54) is 103 Å². The SMILES string of the molecule is CCCCCCCCCCCCC(CCCCCCCCCCCC)(CSCCSCCC(=O)O)C(=O)O. The van der Waals surface area contributed by atoms with Gasteiger partial charge in [-0.15, -0.1) is 0 Å². The molecule has 0 spiro atoms. The zero-order valence-electron chi connectivity index (χ0n) is 25.1. The van der Waals surface area contributed by atoms with Crippen LogP contribution in [0.15, 0.2) is 0 Å². The van der Waals surface area contributed by atoms with Crippen molar-refractivity contribution in [2.24, 2.45) is 5.41 Å². The molecule has 0 rings (SSSR count). The van der Waals surface area contributed by atoms with Crippen LogP contribution in [0.3, 0.4) is 0 Å². The van der Waals surface area contributed by atoms with E-state index in [4.69, 9.17) is 5.11 Å². The van der Waals surface area contributed by atoms with Crippen molar-refractivity contribution in [1.82, 2.24) is 0 Å². The third-order valence-electron chi connectivity index (χ3n) is 7.68. The highest BCUT2D eigenvalue weighted by Crippen LogP contribution is 2.36. The molecule has 226 valence electrons. The fourth-order valence-electron chi connectivity index (χ4n) is 5.09. The first-order valence-electron chi connectivity index (χ1n) is 16.1. The summed E-state index contributed by atoms with van der Waals surface area (Å²) in [4.78, 5) is 23.2. The zero-order valence-corrected chi connectivity index (χ0v) is 26.8. The summed E-state index contributed by atoms with van der Waals surface area (Å²) >= 11 is 3.42. The summed E-state index contributed by atoms with van der Waals surface area (Å²) < 4.78 is 0. The fraction of sp³-hybridized carbons (Fsp3) is 0.938. The van der Waals surface area contributed by atoms with Crippen LogP contribution in [0.1, 0.15) is 162 Å². The maximum Gasteiger partial charge on any atom is 0.310 e. The zero-order chi connectivity index (χ0) is 28.2. The van der Waals surface area contributed by atoms with Gasteiger partial charge in [0.1, 0.15) is 0 Å². The molecule has 4 nitrogen and oxygen atoms in total. The molecule has 0 aliphatic carbocycles. The number of carbonyl (C=O) groups is 2. The van der Waals surface area contributed by atoms with E-state index in [2.05, 4.69) is 13.8 Å². The molecule has 0 amide bonds. The first-order chi connectivity index (χ1) is 18.5. The van der Waals surface area contributed by atoms with E-state index in [1.807, 2.05) is 0 Å². The number of hydrogen-bond acceptors (Lipinski definition) is 4. The molecule has 0 saturated carbocycles. The summed E-state index contributed by atoms with van der Waals surface area (Å²) in [5.74, 6) is 1.77. The second-order valence-corrected chi connectivity index (χ2v) is 13.6.